The number of rotatable bonds is 38. The molecule has 0 saturated heterocycles. The van der Waals surface area contributed by atoms with Crippen molar-refractivity contribution in [1.82, 2.24) is 0 Å². The molecular formula is C43H76NO7P. The highest BCUT2D eigenvalue weighted by Crippen LogP contribution is 2.43. The molecule has 0 radical (unpaired) electrons. The van der Waals surface area contributed by atoms with Crippen LogP contribution < -0.4 is 5.73 Å². The van der Waals surface area contributed by atoms with Gasteiger partial charge in [-0.2, -0.15) is 0 Å². The summed E-state index contributed by atoms with van der Waals surface area (Å²) >= 11 is 0. The van der Waals surface area contributed by atoms with Crippen LogP contribution in [0.3, 0.4) is 0 Å². The first kappa shape index (κ1) is 49.8. The Morgan fingerprint density at radius 1 is 0.615 bits per heavy atom. The van der Waals surface area contributed by atoms with Gasteiger partial charge in [0.2, 0.25) is 0 Å². The van der Waals surface area contributed by atoms with E-state index < -0.39 is 13.9 Å². The Kier molecular flexibility index (Phi) is 38.3. The van der Waals surface area contributed by atoms with Crippen molar-refractivity contribution in [2.45, 2.75) is 168 Å². The number of phosphoric ester groups is 1. The minimum absolute atomic E-state index is 0.0834. The molecule has 0 rings (SSSR count). The van der Waals surface area contributed by atoms with Crippen LogP contribution in [0.5, 0.6) is 0 Å². The van der Waals surface area contributed by atoms with E-state index in [1.54, 1.807) is 6.26 Å². The highest BCUT2D eigenvalue weighted by molar-refractivity contribution is 7.47. The maximum absolute atomic E-state index is 12.4. The average molecular weight is 750 g/mol. The molecule has 0 heterocycles. The SMILES string of the molecule is CCC=CCC=CCC=CCC=CCCCCCCC(=O)OC[C@H](COP(=O)(O)OCCN)OC=CCCCCCCCCC=CCCCCCC. The molecule has 0 spiro atoms. The molecule has 0 aliphatic rings. The highest BCUT2D eigenvalue weighted by atomic mass is 31.2. The summed E-state index contributed by atoms with van der Waals surface area (Å²) in [4.78, 5) is 22.2. The second kappa shape index (κ2) is 40.0. The van der Waals surface area contributed by atoms with Gasteiger partial charge in [-0.3, -0.25) is 13.8 Å². The number of unbranched alkanes of at least 4 members (excludes halogenated alkanes) is 15. The molecule has 0 aliphatic heterocycles. The molecule has 300 valence electrons. The molecule has 0 aromatic heterocycles. The Morgan fingerprint density at radius 2 is 1.10 bits per heavy atom. The number of carbonyl (C=O) groups excluding carboxylic acids is 1. The van der Waals surface area contributed by atoms with Crippen molar-refractivity contribution in [1.29, 1.82) is 0 Å². The van der Waals surface area contributed by atoms with E-state index in [9.17, 15) is 14.3 Å². The number of allylic oxidation sites excluding steroid dienone is 11. The van der Waals surface area contributed by atoms with E-state index in [-0.39, 0.29) is 32.3 Å². The van der Waals surface area contributed by atoms with Gasteiger partial charge in [-0.25, -0.2) is 4.57 Å². The van der Waals surface area contributed by atoms with E-state index >= 15 is 0 Å². The van der Waals surface area contributed by atoms with Crippen molar-refractivity contribution in [2.75, 3.05) is 26.4 Å². The predicted molar refractivity (Wildman–Crippen MR) is 219 cm³/mol. The number of carbonyl (C=O) groups is 1. The van der Waals surface area contributed by atoms with E-state index in [0.29, 0.717) is 6.42 Å². The van der Waals surface area contributed by atoms with Crippen molar-refractivity contribution in [3.05, 3.63) is 73.1 Å². The van der Waals surface area contributed by atoms with E-state index in [1.807, 2.05) is 6.08 Å². The van der Waals surface area contributed by atoms with Crippen molar-refractivity contribution in [3.8, 4) is 0 Å². The van der Waals surface area contributed by atoms with E-state index in [4.69, 9.17) is 24.3 Å². The van der Waals surface area contributed by atoms with Crippen LogP contribution in [0.25, 0.3) is 0 Å². The molecule has 3 N–H and O–H groups in total. The largest absolute Gasteiger partial charge is 0.492 e. The van der Waals surface area contributed by atoms with Crippen LogP contribution in [0.15, 0.2) is 73.1 Å². The zero-order chi connectivity index (χ0) is 38.1. The number of hydrogen-bond acceptors (Lipinski definition) is 7. The third-order valence-corrected chi connectivity index (χ3v) is 9.18. The lowest BCUT2D eigenvalue weighted by Gasteiger charge is -2.19. The summed E-state index contributed by atoms with van der Waals surface area (Å²) in [5.41, 5.74) is 5.36. The minimum atomic E-state index is -4.28. The fraction of sp³-hybridized carbons (Fsp3) is 0.698. The Morgan fingerprint density at radius 3 is 1.65 bits per heavy atom. The van der Waals surface area contributed by atoms with Gasteiger partial charge in [0.1, 0.15) is 6.61 Å². The summed E-state index contributed by atoms with van der Waals surface area (Å²) in [7, 11) is -4.28. The third kappa shape index (κ3) is 39.0. The molecule has 2 atom stereocenters. The van der Waals surface area contributed by atoms with Gasteiger partial charge < -0.3 is 20.1 Å². The predicted octanol–water partition coefficient (Wildman–Crippen LogP) is 12.3. The quantitative estimate of drug-likeness (QED) is 0.0211. The van der Waals surface area contributed by atoms with Gasteiger partial charge in [0.25, 0.3) is 0 Å². The zero-order valence-corrected chi connectivity index (χ0v) is 33.9. The lowest BCUT2D eigenvalue weighted by atomic mass is 10.1. The van der Waals surface area contributed by atoms with Crippen molar-refractivity contribution < 1.29 is 32.8 Å². The summed E-state index contributed by atoms with van der Waals surface area (Å²) in [6, 6.07) is 0. The third-order valence-electron chi connectivity index (χ3n) is 8.20. The Bertz CT molecular complexity index is 1020. The summed E-state index contributed by atoms with van der Waals surface area (Å²) < 4.78 is 33.1. The smallest absolute Gasteiger partial charge is 0.472 e. The van der Waals surface area contributed by atoms with Crippen LogP contribution in [0, 0.1) is 0 Å². The summed E-state index contributed by atoms with van der Waals surface area (Å²) in [5.74, 6) is -0.318. The molecule has 1 unspecified atom stereocenters. The van der Waals surface area contributed by atoms with Gasteiger partial charge >= 0.3 is 13.8 Å². The van der Waals surface area contributed by atoms with Crippen molar-refractivity contribution >= 4 is 13.8 Å². The van der Waals surface area contributed by atoms with Crippen molar-refractivity contribution in [2.24, 2.45) is 5.73 Å². The number of hydrogen-bond donors (Lipinski definition) is 2. The molecule has 0 aromatic carbocycles. The normalized spacial score (nSPS) is 14.2. The van der Waals surface area contributed by atoms with E-state index in [1.165, 1.54) is 70.6 Å². The average Bonchev–Trinajstić information content (AvgIpc) is 3.14. The van der Waals surface area contributed by atoms with Crippen LogP contribution in [-0.4, -0.2) is 43.3 Å². The first-order valence-corrected chi connectivity index (χ1v) is 22.0. The lowest BCUT2D eigenvalue weighted by molar-refractivity contribution is -0.147. The molecule has 0 fully saturated rings. The summed E-state index contributed by atoms with van der Waals surface area (Å²) in [6.07, 6.45) is 50.1. The number of ether oxygens (including phenoxy) is 2. The fourth-order valence-electron chi connectivity index (χ4n) is 5.14. The van der Waals surface area contributed by atoms with Gasteiger partial charge in [-0.15, -0.1) is 0 Å². The molecule has 0 amide bonds. The molecule has 52 heavy (non-hydrogen) atoms. The summed E-state index contributed by atoms with van der Waals surface area (Å²) in [5, 5.41) is 0. The van der Waals surface area contributed by atoms with Gasteiger partial charge in [0.15, 0.2) is 6.10 Å². The Hall–Kier alpha value is -2.22. The zero-order valence-electron chi connectivity index (χ0n) is 33.0. The summed E-state index contributed by atoms with van der Waals surface area (Å²) in [6.45, 7) is 4.04. The van der Waals surface area contributed by atoms with E-state index in [2.05, 4.69) is 74.6 Å². The monoisotopic (exact) mass is 750 g/mol. The maximum atomic E-state index is 12.4. The van der Waals surface area contributed by atoms with Crippen LogP contribution in [-0.2, 0) is 27.9 Å². The molecule has 0 bridgehead atoms. The standard InChI is InChI=1S/C43H76NO7P/c1-3-5-7-9-11-13-15-17-19-21-22-24-26-28-30-32-34-36-43(45)49-40-42(41-51-52(46,47)50-39-37-44)48-38-35-33-31-29-27-25-23-20-18-16-14-12-10-8-6-4-2/h5,7,11,13-14,16-17,19,22,24,35,38,42H,3-4,6,8-10,12,15,18,20-21,23,25-34,36-37,39-41,44H2,1-2H3,(H,46,47)/t42-/m1/s1. The fourth-order valence-corrected chi connectivity index (χ4v) is 5.91. The Labute approximate surface area is 318 Å². The second-order valence-electron chi connectivity index (χ2n) is 13.2. The number of nitrogens with two attached hydrogens (primary N) is 1. The van der Waals surface area contributed by atoms with Gasteiger partial charge in [0.05, 0.1) is 19.5 Å². The first-order chi connectivity index (χ1) is 25.4. The molecular weight excluding hydrogens is 673 g/mol. The van der Waals surface area contributed by atoms with Gasteiger partial charge in [0, 0.05) is 13.0 Å². The van der Waals surface area contributed by atoms with Crippen molar-refractivity contribution in [3.63, 3.8) is 0 Å². The molecule has 9 heteroatoms. The number of esters is 1. The highest BCUT2D eigenvalue weighted by Gasteiger charge is 2.24. The maximum Gasteiger partial charge on any atom is 0.472 e. The Balaban J connectivity index is 4.18. The topological polar surface area (TPSA) is 117 Å². The lowest BCUT2D eigenvalue weighted by Crippen LogP contribution is -2.25. The number of phosphoric acid groups is 1. The first-order valence-electron chi connectivity index (χ1n) is 20.5. The van der Waals surface area contributed by atoms with Crippen LogP contribution >= 0.6 is 7.82 Å². The molecule has 0 saturated carbocycles. The van der Waals surface area contributed by atoms with Crippen LogP contribution in [0.2, 0.25) is 0 Å². The molecule has 0 aliphatic carbocycles. The molecule has 8 nitrogen and oxygen atoms in total. The van der Waals surface area contributed by atoms with Crippen LogP contribution in [0.1, 0.15) is 162 Å². The second-order valence-corrected chi connectivity index (χ2v) is 14.6. The van der Waals surface area contributed by atoms with Gasteiger partial charge in [-0.05, 0) is 89.5 Å². The van der Waals surface area contributed by atoms with E-state index in [0.717, 1.165) is 70.6 Å². The molecule has 0 aromatic rings. The van der Waals surface area contributed by atoms with Gasteiger partial charge in [-0.1, -0.05) is 132 Å². The van der Waals surface area contributed by atoms with Crippen LogP contribution in [0.4, 0.5) is 0 Å². The minimum Gasteiger partial charge on any atom is -0.492 e.